The first-order valence-electron chi connectivity index (χ1n) is 9.16. The molecule has 0 bridgehead atoms. The number of rotatable bonds is 6. The number of ketones is 2. The Morgan fingerprint density at radius 3 is 2.19 bits per heavy atom. The summed E-state index contributed by atoms with van der Waals surface area (Å²) in [4.78, 5) is 28.7. The van der Waals surface area contributed by atoms with Crippen LogP contribution in [0.2, 0.25) is 0 Å². The van der Waals surface area contributed by atoms with Gasteiger partial charge < -0.3 is 4.90 Å². The third-order valence-electron chi connectivity index (χ3n) is 5.01. The molecule has 5 heteroatoms. The number of hydrogen-bond donors (Lipinski definition) is 0. The van der Waals surface area contributed by atoms with Crippen molar-refractivity contribution < 1.29 is 9.59 Å². The maximum atomic E-state index is 12.2. The van der Waals surface area contributed by atoms with Crippen molar-refractivity contribution in [1.82, 2.24) is 4.90 Å². The zero-order valence-corrected chi connectivity index (χ0v) is 16.6. The molecular formula is C22H24N2O2S. The highest BCUT2D eigenvalue weighted by atomic mass is 32.1. The minimum Gasteiger partial charge on any atom is -0.368 e. The van der Waals surface area contributed by atoms with Crippen molar-refractivity contribution in [3.63, 3.8) is 0 Å². The van der Waals surface area contributed by atoms with E-state index in [1.807, 2.05) is 24.3 Å². The summed E-state index contributed by atoms with van der Waals surface area (Å²) in [6.07, 6.45) is 0. The average molecular weight is 381 g/mol. The Bertz CT molecular complexity index is 853. The van der Waals surface area contributed by atoms with Gasteiger partial charge in [0.2, 0.25) is 0 Å². The Morgan fingerprint density at radius 1 is 0.963 bits per heavy atom. The zero-order valence-electron chi connectivity index (χ0n) is 15.8. The number of piperazine rings is 1. The van der Waals surface area contributed by atoms with Gasteiger partial charge in [-0.05, 0) is 31.0 Å². The summed E-state index contributed by atoms with van der Waals surface area (Å²) in [6.45, 7) is 7.44. The van der Waals surface area contributed by atoms with Gasteiger partial charge in [-0.25, -0.2) is 0 Å². The summed E-state index contributed by atoms with van der Waals surface area (Å²) in [5, 5.41) is 1.68. The topological polar surface area (TPSA) is 40.6 Å². The molecule has 0 atom stereocenters. The Kier molecular flexibility index (Phi) is 6.14. The Balaban J connectivity index is 1.70. The maximum absolute atomic E-state index is 12.2. The number of carbonyl (C=O) groups is 2. The largest absolute Gasteiger partial charge is 0.368 e. The fraction of sp³-hybridized carbons (Fsp3) is 0.318. The van der Waals surface area contributed by atoms with E-state index in [9.17, 15) is 9.59 Å². The molecule has 1 fully saturated rings. The molecule has 2 aromatic carbocycles. The fourth-order valence-corrected chi connectivity index (χ4v) is 3.73. The van der Waals surface area contributed by atoms with Crippen molar-refractivity contribution in [3.05, 3.63) is 64.7 Å². The highest BCUT2D eigenvalue weighted by molar-refractivity contribution is 7.79. The molecule has 0 aromatic heterocycles. The van der Waals surface area contributed by atoms with Gasteiger partial charge in [0.1, 0.15) is 0 Å². The van der Waals surface area contributed by atoms with E-state index in [0.29, 0.717) is 11.1 Å². The van der Waals surface area contributed by atoms with E-state index in [0.717, 1.165) is 44.0 Å². The van der Waals surface area contributed by atoms with Gasteiger partial charge in [-0.1, -0.05) is 48.6 Å². The number of thiocarbonyl (C=S) groups is 1. The number of hydrogen-bond acceptors (Lipinski definition) is 5. The van der Waals surface area contributed by atoms with Crippen LogP contribution < -0.4 is 4.90 Å². The molecule has 1 aliphatic rings. The predicted octanol–water partition coefficient (Wildman–Crippen LogP) is 3.76. The van der Waals surface area contributed by atoms with Crippen LogP contribution in [-0.4, -0.2) is 48.0 Å². The van der Waals surface area contributed by atoms with E-state index in [-0.39, 0.29) is 11.6 Å². The molecule has 1 aliphatic heterocycles. The van der Waals surface area contributed by atoms with Gasteiger partial charge >= 0.3 is 0 Å². The van der Waals surface area contributed by atoms with E-state index >= 15 is 0 Å². The van der Waals surface area contributed by atoms with Crippen LogP contribution in [0.15, 0.2) is 42.5 Å². The Hall–Kier alpha value is -2.37. The van der Waals surface area contributed by atoms with Crippen molar-refractivity contribution in [2.75, 3.05) is 31.1 Å². The highest BCUT2D eigenvalue weighted by Crippen LogP contribution is 2.26. The third kappa shape index (κ3) is 4.49. The van der Waals surface area contributed by atoms with Gasteiger partial charge in [-0.2, -0.15) is 0 Å². The van der Waals surface area contributed by atoms with Crippen molar-refractivity contribution in [2.24, 2.45) is 0 Å². The molecule has 0 aliphatic carbocycles. The summed E-state index contributed by atoms with van der Waals surface area (Å²) in [7, 11) is 0. The summed E-state index contributed by atoms with van der Waals surface area (Å²) >= 11 is 4.95. The smallest absolute Gasteiger partial charge is 0.162 e. The van der Waals surface area contributed by atoms with Crippen LogP contribution in [0.5, 0.6) is 0 Å². The molecule has 0 radical (unpaired) electrons. The van der Waals surface area contributed by atoms with E-state index in [4.69, 9.17) is 12.2 Å². The van der Waals surface area contributed by atoms with E-state index in [1.165, 1.54) is 19.4 Å². The van der Waals surface area contributed by atoms with Gasteiger partial charge in [0.15, 0.2) is 11.6 Å². The van der Waals surface area contributed by atoms with Crippen LogP contribution in [0.25, 0.3) is 0 Å². The fourth-order valence-electron chi connectivity index (χ4n) is 3.57. The molecule has 1 heterocycles. The summed E-state index contributed by atoms with van der Waals surface area (Å²) in [5.41, 5.74) is 4.27. The number of carbonyl (C=O) groups excluding carboxylic acids is 2. The molecule has 4 nitrogen and oxygen atoms in total. The number of anilines is 1. The molecule has 3 rings (SSSR count). The lowest BCUT2D eigenvalue weighted by atomic mass is 9.98. The molecule has 140 valence electrons. The molecule has 0 saturated carbocycles. The summed E-state index contributed by atoms with van der Waals surface area (Å²) in [6, 6.07) is 13.9. The van der Waals surface area contributed by atoms with Crippen molar-refractivity contribution in [1.29, 1.82) is 0 Å². The van der Waals surface area contributed by atoms with Crippen LogP contribution in [-0.2, 0) is 6.54 Å². The molecule has 27 heavy (non-hydrogen) atoms. The molecule has 0 spiro atoms. The first-order valence-corrected chi connectivity index (χ1v) is 9.63. The van der Waals surface area contributed by atoms with E-state index in [1.54, 1.807) is 11.4 Å². The second-order valence-electron chi connectivity index (χ2n) is 6.93. The van der Waals surface area contributed by atoms with Gasteiger partial charge in [0.05, 0.1) is 5.56 Å². The predicted molar refractivity (Wildman–Crippen MR) is 113 cm³/mol. The van der Waals surface area contributed by atoms with Crippen LogP contribution in [0.4, 0.5) is 5.69 Å². The van der Waals surface area contributed by atoms with Crippen molar-refractivity contribution in [2.45, 2.75) is 20.4 Å². The zero-order chi connectivity index (χ0) is 19.4. The van der Waals surface area contributed by atoms with Gasteiger partial charge in [0, 0.05) is 49.3 Å². The highest BCUT2D eigenvalue weighted by Gasteiger charge is 2.23. The number of nitrogens with zero attached hydrogens (tertiary/aromatic N) is 2. The second-order valence-corrected chi connectivity index (χ2v) is 7.17. The summed E-state index contributed by atoms with van der Waals surface area (Å²) < 4.78 is 0. The lowest BCUT2D eigenvalue weighted by Gasteiger charge is -2.37. The van der Waals surface area contributed by atoms with Crippen molar-refractivity contribution in [3.8, 4) is 0 Å². The van der Waals surface area contributed by atoms with E-state index < -0.39 is 0 Å². The minimum absolute atomic E-state index is 0.0585. The first-order chi connectivity index (χ1) is 13.0. The molecular weight excluding hydrogens is 356 g/mol. The quantitative estimate of drug-likeness (QED) is 0.564. The van der Waals surface area contributed by atoms with Crippen molar-refractivity contribution >= 4 is 34.8 Å². The summed E-state index contributed by atoms with van der Waals surface area (Å²) in [5.74, 6) is -0.127. The van der Waals surface area contributed by atoms with Crippen LogP contribution in [0.3, 0.4) is 0 Å². The lowest BCUT2D eigenvalue weighted by molar-refractivity contribution is 0.0981. The molecule has 0 unspecified atom stereocenters. The molecule has 1 saturated heterocycles. The average Bonchev–Trinajstić information content (AvgIpc) is 2.68. The third-order valence-corrected chi connectivity index (χ3v) is 5.28. The Morgan fingerprint density at radius 2 is 1.63 bits per heavy atom. The maximum Gasteiger partial charge on any atom is 0.162 e. The van der Waals surface area contributed by atoms with Crippen LogP contribution in [0.1, 0.15) is 45.7 Å². The second kappa shape index (κ2) is 8.55. The van der Waals surface area contributed by atoms with Gasteiger partial charge in [0.25, 0.3) is 0 Å². The monoisotopic (exact) mass is 380 g/mol. The van der Waals surface area contributed by atoms with Gasteiger partial charge in [-0.15, -0.1) is 0 Å². The van der Waals surface area contributed by atoms with E-state index in [2.05, 4.69) is 21.9 Å². The number of Topliss-reactive ketones (excluding diaryl/α,β-unsaturated/α-hetero) is 2. The van der Waals surface area contributed by atoms with Gasteiger partial charge in [-0.3, -0.25) is 14.5 Å². The normalized spacial score (nSPS) is 14.8. The van der Waals surface area contributed by atoms with Crippen LogP contribution >= 0.6 is 12.2 Å². The molecule has 0 N–H and O–H groups in total. The minimum atomic E-state index is -0.0690. The molecule has 2 aromatic rings. The Labute approximate surface area is 165 Å². The lowest BCUT2D eigenvalue weighted by Crippen LogP contribution is -2.46. The standard InChI is InChI=1S/C22H24N2O2S/c1-16(25)20-4-3-5-21(22(20)17(2)26)24-12-10-23(11-13-24)14-18-6-8-19(15-27)9-7-18/h3-9,15H,10-14H2,1-2H3. The SMILES string of the molecule is CC(=O)c1cccc(N2CCN(Cc3ccc(C=S)cc3)CC2)c1C(C)=O. The number of benzene rings is 2. The van der Waals surface area contributed by atoms with Crippen LogP contribution in [0, 0.1) is 0 Å². The first kappa shape index (κ1) is 19.4. The molecule has 0 amide bonds.